The van der Waals surface area contributed by atoms with Crippen LogP contribution in [0.25, 0.3) is 10.8 Å². The van der Waals surface area contributed by atoms with Crippen LogP contribution in [0.4, 0.5) is 0 Å². The highest BCUT2D eigenvalue weighted by Crippen LogP contribution is 2.19. The standard InChI is InChI=1S/C22H22N2O2S/c1-2-26-21-11-8-17(9-12-21)14-23-24-22(25)16-27-15-18-7-10-19-5-3-4-6-20(19)13-18/h3-14H,2,15-16H2,1H3,(H,24,25)/b23-14-. The van der Waals surface area contributed by atoms with Gasteiger partial charge in [0.1, 0.15) is 5.75 Å². The lowest BCUT2D eigenvalue weighted by molar-refractivity contribution is -0.118. The molecule has 1 amide bonds. The van der Waals surface area contributed by atoms with Gasteiger partial charge in [0.15, 0.2) is 0 Å². The lowest BCUT2D eigenvalue weighted by Gasteiger charge is -2.04. The number of hydrazone groups is 1. The molecule has 138 valence electrons. The number of amides is 1. The number of ether oxygens (including phenoxy) is 1. The molecule has 0 unspecified atom stereocenters. The van der Waals surface area contributed by atoms with E-state index in [1.807, 2.05) is 43.3 Å². The molecule has 3 aromatic carbocycles. The van der Waals surface area contributed by atoms with Gasteiger partial charge in [0.2, 0.25) is 5.91 Å². The van der Waals surface area contributed by atoms with Crippen molar-refractivity contribution in [2.75, 3.05) is 12.4 Å². The molecule has 3 aromatic rings. The second-order valence-corrected chi connectivity index (χ2v) is 6.96. The van der Waals surface area contributed by atoms with Gasteiger partial charge < -0.3 is 4.74 Å². The first-order valence-electron chi connectivity index (χ1n) is 8.85. The van der Waals surface area contributed by atoms with Crippen molar-refractivity contribution in [2.24, 2.45) is 5.10 Å². The third-order valence-electron chi connectivity index (χ3n) is 3.91. The van der Waals surface area contributed by atoms with Crippen molar-refractivity contribution in [1.29, 1.82) is 0 Å². The minimum atomic E-state index is -0.108. The maximum Gasteiger partial charge on any atom is 0.250 e. The van der Waals surface area contributed by atoms with Crippen LogP contribution in [0, 0.1) is 0 Å². The number of rotatable bonds is 8. The van der Waals surface area contributed by atoms with Crippen molar-refractivity contribution in [3.05, 3.63) is 77.9 Å². The summed E-state index contributed by atoms with van der Waals surface area (Å²) >= 11 is 1.57. The van der Waals surface area contributed by atoms with E-state index >= 15 is 0 Å². The van der Waals surface area contributed by atoms with Crippen LogP contribution >= 0.6 is 11.8 Å². The molecule has 0 heterocycles. The van der Waals surface area contributed by atoms with Gasteiger partial charge >= 0.3 is 0 Å². The van der Waals surface area contributed by atoms with Crippen LogP contribution in [0.3, 0.4) is 0 Å². The van der Waals surface area contributed by atoms with E-state index in [4.69, 9.17) is 4.74 Å². The molecule has 0 fully saturated rings. The molecular weight excluding hydrogens is 356 g/mol. The van der Waals surface area contributed by atoms with Crippen LogP contribution < -0.4 is 10.2 Å². The fourth-order valence-corrected chi connectivity index (χ4v) is 3.39. The van der Waals surface area contributed by atoms with Crippen LogP contribution in [-0.4, -0.2) is 24.5 Å². The summed E-state index contributed by atoms with van der Waals surface area (Å²) in [7, 11) is 0. The van der Waals surface area contributed by atoms with Gasteiger partial charge in [-0.05, 0) is 53.1 Å². The quantitative estimate of drug-likeness (QED) is 0.460. The Hall–Kier alpha value is -2.79. The summed E-state index contributed by atoms with van der Waals surface area (Å²) < 4.78 is 5.39. The van der Waals surface area contributed by atoms with E-state index in [1.54, 1.807) is 18.0 Å². The molecule has 0 bridgehead atoms. The molecular formula is C22H22N2O2S. The van der Waals surface area contributed by atoms with E-state index in [-0.39, 0.29) is 5.91 Å². The number of carbonyl (C=O) groups is 1. The molecule has 1 N–H and O–H groups in total. The summed E-state index contributed by atoms with van der Waals surface area (Å²) in [6.07, 6.45) is 1.63. The van der Waals surface area contributed by atoms with Crippen LogP contribution in [-0.2, 0) is 10.5 Å². The number of hydrogen-bond acceptors (Lipinski definition) is 4. The van der Waals surface area contributed by atoms with E-state index < -0.39 is 0 Å². The second kappa shape index (κ2) is 9.78. The Morgan fingerprint density at radius 1 is 1.07 bits per heavy atom. The molecule has 0 aliphatic rings. The Kier molecular flexibility index (Phi) is 6.88. The first kappa shape index (κ1) is 19.0. The Labute approximate surface area is 163 Å². The van der Waals surface area contributed by atoms with Crippen molar-refractivity contribution in [2.45, 2.75) is 12.7 Å². The summed E-state index contributed by atoms with van der Waals surface area (Å²) in [5.41, 5.74) is 4.68. The van der Waals surface area contributed by atoms with Crippen molar-refractivity contribution in [3.8, 4) is 5.75 Å². The maximum absolute atomic E-state index is 11.9. The first-order chi connectivity index (χ1) is 13.2. The zero-order valence-corrected chi connectivity index (χ0v) is 16.0. The fraction of sp³-hybridized carbons (Fsp3) is 0.182. The van der Waals surface area contributed by atoms with Gasteiger partial charge in [-0.15, -0.1) is 11.8 Å². The zero-order chi connectivity index (χ0) is 18.9. The van der Waals surface area contributed by atoms with E-state index in [9.17, 15) is 4.79 Å². The maximum atomic E-state index is 11.9. The van der Waals surface area contributed by atoms with E-state index in [2.05, 4.69) is 40.9 Å². The van der Waals surface area contributed by atoms with Crippen LogP contribution in [0.1, 0.15) is 18.1 Å². The van der Waals surface area contributed by atoms with E-state index in [0.717, 1.165) is 17.1 Å². The molecule has 0 spiro atoms. The molecule has 0 aromatic heterocycles. The predicted octanol–water partition coefficient (Wildman–Crippen LogP) is 4.62. The predicted molar refractivity (Wildman–Crippen MR) is 113 cm³/mol. The highest BCUT2D eigenvalue weighted by atomic mass is 32.2. The van der Waals surface area contributed by atoms with Crippen LogP contribution in [0.2, 0.25) is 0 Å². The summed E-state index contributed by atoms with van der Waals surface area (Å²) in [6, 6.07) is 22.2. The van der Waals surface area contributed by atoms with Gasteiger partial charge in [0.25, 0.3) is 0 Å². The summed E-state index contributed by atoms with van der Waals surface area (Å²) in [5, 5.41) is 6.46. The molecule has 4 nitrogen and oxygen atoms in total. The number of fused-ring (bicyclic) bond motifs is 1. The fourth-order valence-electron chi connectivity index (χ4n) is 2.62. The van der Waals surface area contributed by atoms with Gasteiger partial charge in [0, 0.05) is 5.75 Å². The minimum Gasteiger partial charge on any atom is -0.494 e. The molecule has 0 aliphatic heterocycles. The molecule has 0 saturated carbocycles. The van der Waals surface area contributed by atoms with Gasteiger partial charge in [-0.3, -0.25) is 4.79 Å². The topological polar surface area (TPSA) is 50.7 Å². The Bertz CT molecular complexity index is 923. The van der Waals surface area contributed by atoms with Crippen molar-refractivity contribution < 1.29 is 9.53 Å². The third-order valence-corrected chi connectivity index (χ3v) is 4.91. The minimum absolute atomic E-state index is 0.108. The number of nitrogens with zero attached hydrogens (tertiary/aromatic N) is 1. The normalized spacial score (nSPS) is 11.0. The first-order valence-corrected chi connectivity index (χ1v) is 10.0. The molecule has 5 heteroatoms. The zero-order valence-electron chi connectivity index (χ0n) is 15.2. The van der Waals surface area contributed by atoms with Crippen LogP contribution in [0.15, 0.2) is 71.8 Å². The lowest BCUT2D eigenvalue weighted by Crippen LogP contribution is -2.19. The number of nitrogens with one attached hydrogen (secondary N) is 1. The van der Waals surface area contributed by atoms with Crippen molar-refractivity contribution in [3.63, 3.8) is 0 Å². The Morgan fingerprint density at radius 2 is 1.85 bits per heavy atom. The van der Waals surface area contributed by atoms with Crippen LogP contribution in [0.5, 0.6) is 5.75 Å². The smallest absolute Gasteiger partial charge is 0.250 e. The van der Waals surface area contributed by atoms with Crippen molar-refractivity contribution in [1.82, 2.24) is 5.43 Å². The number of benzene rings is 3. The lowest BCUT2D eigenvalue weighted by atomic mass is 10.1. The summed E-state index contributed by atoms with van der Waals surface area (Å²) in [5.74, 6) is 1.88. The van der Waals surface area contributed by atoms with Gasteiger partial charge in [-0.25, -0.2) is 5.43 Å². The average molecular weight is 378 g/mol. The average Bonchev–Trinajstić information content (AvgIpc) is 2.69. The number of thioether (sulfide) groups is 1. The van der Waals surface area contributed by atoms with E-state index in [0.29, 0.717) is 12.4 Å². The largest absolute Gasteiger partial charge is 0.494 e. The number of carbonyl (C=O) groups excluding carboxylic acids is 1. The van der Waals surface area contributed by atoms with Gasteiger partial charge in [-0.2, -0.15) is 5.10 Å². The summed E-state index contributed by atoms with van der Waals surface area (Å²) in [4.78, 5) is 11.9. The molecule has 0 atom stereocenters. The Morgan fingerprint density at radius 3 is 2.63 bits per heavy atom. The second-order valence-electron chi connectivity index (χ2n) is 5.97. The number of hydrogen-bond donors (Lipinski definition) is 1. The molecule has 0 aliphatic carbocycles. The highest BCUT2D eigenvalue weighted by molar-refractivity contribution is 7.99. The monoisotopic (exact) mass is 378 g/mol. The third kappa shape index (κ3) is 5.86. The van der Waals surface area contributed by atoms with E-state index in [1.165, 1.54) is 16.3 Å². The van der Waals surface area contributed by atoms with Crippen molar-refractivity contribution >= 4 is 34.7 Å². The SMILES string of the molecule is CCOc1ccc(/C=N\NC(=O)CSCc2ccc3ccccc3c2)cc1. The van der Waals surface area contributed by atoms with Gasteiger partial charge in [-0.1, -0.05) is 42.5 Å². The summed E-state index contributed by atoms with van der Waals surface area (Å²) in [6.45, 7) is 2.59. The molecule has 0 saturated heterocycles. The molecule has 3 rings (SSSR count). The van der Waals surface area contributed by atoms with Gasteiger partial charge in [0.05, 0.1) is 18.6 Å². The Balaban J connectivity index is 1.42. The molecule has 27 heavy (non-hydrogen) atoms. The molecule has 0 radical (unpaired) electrons. The highest BCUT2D eigenvalue weighted by Gasteiger charge is 2.02.